The van der Waals surface area contributed by atoms with Gasteiger partial charge in [0.05, 0.1) is 19.1 Å². The lowest BCUT2D eigenvalue weighted by molar-refractivity contribution is -0.121. The quantitative estimate of drug-likeness (QED) is 0.412. The van der Waals surface area contributed by atoms with Gasteiger partial charge in [0.25, 0.3) is 10.0 Å². The number of carbonyl (C=O) groups excluding carboxylic acids is 1. The van der Waals surface area contributed by atoms with Gasteiger partial charge < -0.3 is 20.4 Å². The predicted octanol–water partition coefficient (Wildman–Crippen LogP) is 2.40. The second-order valence-corrected chi connectivity index (χ2v) is 8.72. The van der Waals surface area contributed by atoms with E-state index < -0.39 is 10.0 Å². The normalized spacial score (nSPS) is 12.1. The molecule has 10 heteroatoms. The summed E-state index contributed by atoms with van der Waals surface area (Å²) in [7, 11) is -2.45. The fourth-order valence-electron chi connectivity index (χ4n) is 2.84. The molecule has 2 rings (SSSR count). The summed E-state index contributed by atoms with van der Waals surface area (Å²) in [5.74, 6) is 0.0125. The molecule has 1 amide bonds. The van der Waals surface area contributed by atoms with Crippen LogP contribution in [0, 0.1) is 0 Å². The molecule has 30 heavy (non-hydrogen) atoms. The number of aromatic nitrogens is 1. The van der Waals surface area contributed by atoms with Crippen molar-refractivity contribution in [1.82, 2.24) is 20.3 Å². The van der Waals surface area contributed by atoms with Gasteiger partial charge in [-0.25, -0.2) is 8.42 Å². The maximum atomic E-state index is 12.8. The number of H-pyrrole nitrogens is 1. The van der Waals surface area contributed by atoms with Crippen molar-refractivity contribution in [2.75, 3.05) is 13.7 Å². The summed E-state index contributed by atoms with van der Waals surface area (Å²) in [4.78, 5) is 15.5. The Kier molecular flexibility index (Phi) is 8.67. The van der Waals surface area contributed by atoms with Crippen LogP contribution in [0.15, 0.2) is 41.6 Å². The number of nitrogens with one attached hydrogen (secondary N) is 4. The van der Waals surface area contributed by atoms with E-state index in [9.17, 15) is 13.2 Å². The van der Waals surface area contributed by atoms with Crippen LogP contribution in [-0.4, -0.2) is 38.1 Å². The lowest BCUT2D eigenvalue weighted by Gasteiger charge is -2.17. The van der Waals surface area contributed by atoms with Crippen molar-refractivity contribution >= 4 is 33.3 Å². The third-order valence-electron chi connectivity index (χ3n) is 4.35. The van der Waals surface area contributed by atoms with E-state index in [4.69, 9.17) is 17.0 Å². The van der Waals surface area contributed by atoms with E-state index in [0.717, 1.165) is 18.4 Å². The molecule has 164 valence electrons. The first kappa shape index (κ1) is 23.7. The fourth-order valence-corrected chi connectivity index (χ4v) is 4.32. The van der Waals surface area contributed by atoms with E-state index >= 15 is 0 Å². The molecule has 1 atom stereocenters. The maximum Gasteiger partial charge on any atom is 0.267 e. The van der Waals surface area contributed by atoms with E-state index in [2.05, 4.69) is 20.3 Å². The molecule has 0 aliphatic carbocycles. The van der Waals surface area contributed by atoms with Crippen LogP contribution in [0.4, 0.5) is 0 Å². The molecule has 2 aromatic rings. The van der Waals surface area contributed by atoms with Gasteiger partial charge in [0, 0.05) is 19.4 Å². The summed E-state index contributed by atoms with van der Waals surface area (Å²) >= 11 is 4.93. The molecule has 0 radical (unpaired) electrons. The Hall–Kier alpha value is -2.59. The second kappa shape index (κ2) is 11.0. The number of amides is 1. The highest BCUT2D eigenvalue weighted by atomic mass is 32.2. The zero-order valence-electron chi connectivity index (χ0n) is 17.3. The van der Waals surface area contributed by atoms with Crippen molar-refractivity contribution in [3.8, 4) is 5.75 Å². The van der Waals surface area contributed by atoms with Crippen LogP contribution < -0.4 is 20.1 Å². The number of hydrogen-bond donors (Lipinski definition) is 4. The number of sulfonamides is 1. The molecule has 1 unspecified atom stereocenters. The SMILES string of the molecule is CCCOc1ccc(CC(=O)NC(CC)c2cc[nH]c2)cc1S(=O)(=O)NC(=S)NC. The number of thiocarbonyl (C=S) groups is 1. The highest BCUT2D eigenvalue weighted by molar-refractivity contribution is 7.92. The van der Waals surface area contributed by atoms with Crippen LogP contribution in [-0.2, 0) is 21.2 Å². The van der Waals surface area contributed by atoms with E-state index in [-0.39, 0.29) is 34.1 Å². The molecule has 0 saturated heterocycles. The van der Waals surface area contributed by atoms with Crippen molar-refractivity contribution in [3.05, 3.63) is 47.8 Å². The summed E-state index contributed by atoms with van der Waals surface area (Å²) in [6.45, 7) is 4.28. The van der Waals surface area contributed by atoms with Gasteiger partial charge in [-0.05, 0) is 54.4 Å². The number of carbonyl (C=O) groups is 1. The molecule has 4 N–H and O–H groups in total. The minimum atomic E-state index is -3.97. The molecular formula is C20H28N4O4S2. The molecule has 0 aliphatic rings. The van der Waals surface area contributed by atoms with Crippen molar-refractivity contribution in [3.63, 3.8) is 0 Å². The third-order valence-corrected chi connectivity index (χ3v) is 6.15. The van der Waals surface area contributed by atoms with Crippen LogP contribution in [0.3, 0.4) is 0 Å². The van der Waals surface area contributed by atoms with Crippen LogP contribution in [0.1, 0.15) is 43.9 Å². The minimum Gasteiger partial charge on any atom is -0.492 e. The summed E-state index contributed by atoms with van der Waals surface area (Å²) in [6, 6.07) is 6.50. The molecule has 0 fully saturated rings. The average Bonchev–Trinajstić information content (AvgIpc) is 3.25. The van der Waals surface area contributed by atoms with Gasteiger partial charge in [-0.15, -0.1) is 0 Å². The molecule has 0 bridgehead atoms. The Morgan fingerprint density at radius 3 is 2.63 bits per heavy atom. The number of benzene rings is 1. The number of hydrogen-bond acceptors (Lipinski definition) is 5. The van der Waals surface area contributed by atoms with Gasteiger partial charge in [-0.2, -0.15) is 0 Å². The van der Waals surface area contributed by atoms with Crippen LogP contribution in [0.2, 0.25) is 0 Å². The Labute approximate surface area is 182 Å². The summed E-state index contributed by atoms with van der Waals surface area (Å²) < 4.78 is 33.4. The van der Waals surface area contributed by atoms with Crippen molar-refractivity contribution in [2.24, 2.45) is 0 Å². The van der Waals surface area contributed by atoms with E-state index in [1.165, 1.54) is 13.1 Å². The van der Waals surface area contributed by atoms with Crippen molar-refractivity contribution < 1.29 is 17.9 Å². The monoisotopic (exact) mass is 452 g/mol. The summed E-state index contributed by atoms with van der Waals surface area (Å²) in [5.41, 5.74) is 1.54. The lowest BCUT2D eigenvalue weighted by Crippen LogP contribution is -2.37. The Bertz CT molecular complexity index is 959. The number of rotatable bonds is 10. The standard InChI is InChI=1S/C20H28N4O4S2/c1-4-10-28-17-7-6-14(11-18(17)30(26,27)24-20(29)21-3)12-19(25)23-16(5-2)15-8-9-22-13-15/h6-9,11,13,16,22H,4-5,10,12H2,1-3H3,(H,23,25)(H2,21,24,29). The molecule has 1 heterocycles. The first-order valence-corrected chi connectivity index (χ1v) is 11.6. The Morgan fingerprint density at radius 1 is 1.27 bits per heavy atom. The topological polar surface area (TPSA) is 112 Å². The van der Waals surface area contributed by atoms with Gasteiger partial charge in [0.15, 0.2) is 5.11 Å². The zero-order valence-corrected chi connectivity index (χ0v) is 19.0. The molecule has 0 aliphatic heterocycles. The molecular weight excluding hydrogens is 424 g/mol. The smallest absolute Gasteiger partial charge is 0.267 e. The average molecular weight is 453 g/mol. The predicted molar refractivity (Wildman–Crippen MR) is 120 cm³/mol. The second-order valence-electron chi connectivity index (χ2n) is 6.66. The molecule has 1 aromatic heterocycles. The molecule has 8 nitrogen and oxygen atoms in total. The first-order chi connectivity index (χ1) is 14.3. The van der Waals surface area contributed by atoms with Gasteiger partial charge >= 0.3 is 0 Å². The van der Waals surface area contributed by atoms with Crippen LogP contribution >= 0.6 is 12.2 Å². The van der Waals surface area contributed by atoms with Gasteiger partial charge in [-0.1, -0.05) is 19.9 Å². The lowest BCUT2D eigenvalue weighted by atomic mass is 10.1. The fraction of sp³-hybridized carbons (Fsp3) is 0.400. The minimum absolute atomic E-state index is 0.0307. The highest BCUT2D eigenvalue weighted by Crippen LogP contribution is 2.26. The van der Waals surface area contributed by atoms with E-state index in [1.807, 2.05) is 26.1 Å². The van der Waals surface area contributed by atoms with E-state index in [0.29, 0.717) is 12.2 Å². The Balaban J connectivity index is 2.24. The molecule has 1 aromatic carbocycles. The molecule has 0 spiro atoms. The largest absolute Gasteiger partial charge is 0.492 e. The summed E-state index contributed by atoms with van der Waals surface area (Å²) in [6.07, 6.45) is 5.14. The van der Waals surface area contributed by atoms with E-state index in [1.54, 1.807) is 18.3 Å². The van der Waals surface area contributed by atoms with Crippen LogP contribution in [0.5, 0.6) is 5.75 Å². The number of ether oxygens (including phenoxy) is 1. The molecule has 0 saturated carbocycles. The Morgan fingerprint density at radius 2 is 2.03 bits per heavy atom. The van der Waals surface area contributed by atoms with Gasteiger partial charge in [0.1, 0.15) is 10.6 Å². The van der Waals surface area contributed by atoms with Crippen LogP contribution in [0.25, 0.3) is 0 Å². The van der Waals surface area contributed by atoms with Crippen molar-refractivity contribution in [2.45, 2.75) is 44.0 Å². The van der Waals surface area contributed by atoms with Gasteiger partial charge in [0.2, 0.25) is 5.91 Å². The third kappa shape index (κ3) is 6.46. The maximum absolute atomic E-state index is 12.8. The zero-order chi connectivity index (χ0) is 22.1. The highest BCUT2D eigenvalue weighted by Gasteiger charge is 2.22. The first-order valence-electron chi connectivity index (χ1n) is 9.73. The van der Waals surface area contributed by atoms with Crippen molar-refractivity contribution in [1.29, 1.82) is 0 Å². The van der Waals surface area contributed by atoms with Gasteiger partial charge in [-0.3, -0.25) is 9.52 Å². The number of aromatic amines is 1. The summed E-state index contributed by atoms with van der Waals surface area (Å²) in [5, 5.41) is 5.52.